The quantitative estimate of drug-likeness (QED) is 0.615. The van der Waals surface area contributed by atoms with Crippen LogP contribution in [0.25, 0.3) is 0 Å². The molecule has 1 rings (SSSR count). The van der Waals surface area contributed by atoms with Gasteiger partial charge in [-0.2, -0.15) is 0 Å². The van der Waals surface area contributed by atoms with Crippen molar-refractivity contribution in [2.45, 2.75) is 11.8 Å². The van der Waals surface area contributed by atoms with Crippen molar-refractivity contribution in [3.63, 3.8) is 0 Å². The Balaban J connectivity index is 2.63. The molecule has 0 spiro atoms. The zero-order chi connectivity index (χ0) is 13.6. The minimum Gasteiger partial charge on any atom is -0.379 e. The van der Waals surface area contributed by atoms with Crippen LogP contribution in [0.5, 0.6) is 0 Å². The zero-order valence-electron chi connectivity index (χ0n) is 9.95. The van der Waals surface area contributed by atoms with E-state index in [1.807, 2.05) is 0 Å². The summed E-state index contributed by atoms with van der Waals surface area (Å²) in [6, 6.07) is 3.54. The summed E-state index contributed by atoms with van der Waals surface area (Å²) in [7, 11) is -3.62. The summed E-state index contributed by atoms with van der Waals surface area (Å²) in [5.41, 5.74) is 0.365. The van der Waals surface area contributed by atoms with Crippen LogP contribution < -0.4 is 4.72 Å². The molecule has 1 aromatic carbocycles. The minimum atomic E-state index is -3.62. The summed E-state index contributed by atoms with van der Waals surface area (Å²) < 4.78 is 44.1. The molecule has 0 fully saturated rings. The highest BCUT2D eigenvalue weighted by molar-refractivity contribution is 7.89. The molecule has 1 aromatic rings. The van der Waals surface area contributed by atoms with Crippen LogP contribution in [0.4, 0.5) is 4.39 Å². The summed E-state index contributed by atoms with van der Waals surface area (Å²) >= 11 is 5.40. The van der Waals surface area contributed by atoms with E-state index in [9.17, 15) is 12.8 Å². The van der Waals surface area contributed by atoms with E-state index >= 15 is 0 Å². The van der Waals surface area contributed by atoms with E-state index in [0.29, 0.717) is 18.1 Å². The van der Waals surface area contributed by atoms with Crippen LogP contribution in [0.15, 0.2) is 23.1 Å². The summed E-state index contributed by atoms with van der Waals surface area (Å²) in [6.07, 6.45) is 0. The number of hydrogen-bond acceptors (Lipinski definition) is 3. The maximum absolute atomic E-state index is 12.9. The second-order valence-corrected chi connectivity index (χ2v) is 5.72. The van der Waals surface area contributed by atoms with E-state index < -0.39 is 15.8 Å². The van der Waals surface area contributed by atoms with E-state index in [4.69, 9.17) is 16.3 Å². The third-order valence-electron chi connectivity index (χ3n) is 2.19. The molecule has 0 bridgehead atoms. The van der Waals surface area contributed by atoms with Gasteiger partial charge in [0, 0.05) is 12.4 Å². The topological polar surface area (TPSA) is 55.4 Å². The number of halogens is 2. The number of nitrogens with one attached hydrogen (secondary N) is 1. The Morgan fingerprint density at radius 2 is 2.11 bits per heavy atom. The van der Waals surface area contributed by atoms with E-state index in [-0.39, 0.29) is 18.0 Å². The number of aryl methyl sites for hydroxylation is 1. The highest BCUT2D eigenvalue weighted by Crippen LogP contribution is 2.15. The Labute approximate surface area is 111 Å². The van der Waals surface area contributed by atoms with Crippen LogP contribution in [0.3, 0.4) is 0 Å². The monoisotopic (exact) mass is 295 g/mol. The van der Waals surface area contributed by atoms with Crippen LogP contribution in [0.2, 0.25) is 0 Å². The van der Waals surface area contributed by atoms with E-state index in [1.165, 1.54) is 12.1 Å². The van der Waals surface area contributed by atoms with Crippen molar-refractivity contribution in [1.82, 2.24) is 4.72 Å². The number of alkyl halides is 1. The Bertz CT molecular complexity index is 493. The lowest BCUT2D eigenvalue weighted by molar-refractivity contribution is 0.155. The molecule has 0 saturated heterocycles. The first-order valence-electron chi connectivity index (χ1n) is 5.37. The molecule has 0 saturated carbocycles. The minimum absolute atomic E-state index is 0.0706. The van der Waals surface area contributed by atoms with Gasteiger partial charge in [0.05, 0.1) is 18.1 Å². The second kappa shape index (κ2) is 7.04. The maximum atomic E-state index is 12.9. The van der Waals surface area contributed by atoms with Crippen molar-refractivity contribution in [2.24, 2.45) is 0 Å². The number of hydrogen-bond donors (Lipinski definition) is 1. The molecular weight excluding hydrogens is 281 g/mol. The summed E-state index contributed by atoms with van der Waals surface area (Å²) in [4.78, 5) is 0.0706. The smallest absolute Gasteiger partial charge is 0.240 e. The Morgan fingerprint density at radius 3 is 2.72 bits per heavy atom. The molecule has 0 aromatic heterocycles. The molecule has 4 nitrogen and oxygen atoms in total. The molecule has 7 heteroatoms. The van der Waals surface area contributed by atoms with Gasteiger partial charge in [0.2, 0.25) is 10.0 Å². The molecule has 0 aliphatic carbocycles. The number of ether oxygens (including phenoxy) is 1. The van der Waals surface area contributed by atoms with Gasteiger partial charge < -0.3 is 4.74 Å². The first-order chi connectivity index (χ1) is 8.47. The lowest BCUT2D eigenvalue weighted by atomic mass is 10.2. The SMILES string of the molecule is Cc1cc(F)ccc1S(=O)(=O)NCCOCCCl. The predicted molar refractivity (Wildman–Crippen MR) is 67.9 cm³/mol. The third kappa shape index (κ3) is 4.53. The second-order valence-electron chi connectivity index (χ2n) is 3.61. The number of sulfonamides is 1. The molecule has 102 valence electrons. The molecule has 0 amide bonds. The van der Waals surface area contributed by atoms with Crippen LogP contribution in [0.1, 0.15) is 5.56 Å². The molecule has 18 heavy (non-hydrogen) atoms. The van der Waals surface area contributed by atoms with Gasteiger partial charge in [0.1, 0.15) is 5.82 Å². The van der Waals surface area contributed by atoms with Crippen molar-refractivity contribution in [2.75, 3.05) is 25.6 Å². The molecule has 0 aliphatic rings. The maximum Gasteiger partial charge on any atom is 0.240 e. The average molecular weight is 296 g/mol. The van der Waals surface area contributed by atoms with Gasteiger partial charge in [0.15, 0.2) is 0 Å². The molecule has 0 aliphatic heterocycles. The van der Waals surface area contributed by atoms with Crippen molar-refractivity contribution in [3.8, 4) is 0 Å². The number of benzene rings is 1. The number of rotatable bonds is 7. The van der Waals surface area contributed by atoms with E-state index in [1.54, 1.807) is 6.92 Å². The first kappa shape index (κ1) is 15.4. The predicted octanol–water partition coefficient (Wildman–Crippen LogP) is 1.67. The highest BCUT2D eigenvalue weighted by atomic mass is 35.5. The third-order valence-corrected chi connectivity index (χ3v) is 3.96. The van der Waals surface area contributed by atoms with Crippen LogP contribution in [-0.4, -0.2) is 34.1 Å². The highest BCUT2D eigenvalue weighted by Gasteiger charge is 2.16. The van der Waals surface area contributed by atoms with Gasteiger partial charge in [-0.15, -0.1) is 11.6 Å². The average Bonchev–Trinajstić information content (AvgIpc) is 2.28. The fourth-order valence-electron chi connectivity index (χ4n) is 1.40. The molecular formula is C11H15ClFNO3S. The van der Waals surface area contributed by atoms with Crippen LogP contribution in [-0.2, 0) is 14.8 Å². The fourth-order valence-corrected chi connectivity index (χ4v) is 2.74. The van der Waals surface area contributed by atoms with Gasteiger partial charge in [-0.05, 0) is 30.7 Å². The van der Waals surface area contributed by atoms with Crippen molar-refractivity contribution < 1.29 is 17.5 Å². The molecule has 0 heterocycles. The summed E-state index contributed by atoms with van der Waals surface area (Å²) in [5, 5.41) is 0. The van der Waals surface area contributed by atoms with E-state index in [0.717, 1.165) is 6.07 Å². The van der Waals surface area contributed by atoms with Crippen molar-refractivity contribution in [1.29, 1.82) is 0 Å². The van der Waals surface area contributed by atoms with Gasteiger partial charge in [-0.3, -0.25) is 0 Å². The first-order valence-corrected chi connectivity index (χ1v) is 7.38. The van der Waals surface area contributed by atoms with Gasteiger partial charge in [-0.25, -0.2) is 17.5 Å². The van der Waals surface area contributed by atoms with Crippen LogP contribution in [0, 0.1) is 12.7 Å². The molecule has 0 atom stereocenters. The van der Waals surface area contributed by atoms with E-state index in [2.05, 4.69) is 4.72 Å². The summed E-state index contributed by atoms with van der Waals surface area (Å²) in [6.45, 7) is 2.31. The van der Waals surface area contributed by atoms with Gasteiger partial charge in [-0.1, -0.05) is 0 Å². The molecule has 1 N–H and O–H groups in total. The Morgan fingerprint density at radius 1 is 1.39 bits per heavy atom. The largest absolute Gasteiger partial charge is 0.379 e. The summed E-state index contributed by atoms with van der Waals surface area (Å²) in [5.74, 6) is -0.0963. The van der Waals surface area contributed by atoms with Crippen molar-refractivity contribution in [3.05, 3.63) is 29.6 Å². The lowest BCUT2D eigenvalue weighted by Crippen LogP contribution is -2.28. The standard InChI is InChI=1S/C11H15ClFNO3S/c1-9-8-10(13)2-3-11(9)18(15,16)14-5-7-17-6-4-12/h2-3,8,14H,4-7H2,1H3. The van der Waals surface area contributed by atoms with Crippen molar-refractivity contribution >= 4 is 21.6 Å². The van der Waals surface area contributed by atoms with Gasteiger partial charge >= 0.3 is 0 Å². The fraction of sp³-hybridized carbons (Fsp3) is 0.455. The molecule has 0 unspecified atom stereocenters. The Kier molecular flexibility index (Phi) is 6.01. The lowest BCUT2D eigenvalue weighted by Gasteiger charge is -2.09. The zero-order valence-corrected chi connectivity index (χ0v) is 11.5. The Hall–Kier alpha value is -0.690. The normalized spacial score (nSPS) is 11.7. The molecule has 0 radical (unpaired) electrons. The van der Waals surface area contributed by atoms with Crippen LogP contribution >= 0.6 is 11.6 Å². The van der Waals surface area contributed by atoms with Gasteiger partial charge in [0.25, 0.3) is 0 Å².